The molecule has 1 aliphatic carbocycles. The average Bonchev–Trinajstić information content (AvgIpc) is 3.24. The lowest BCUT2D eigenvalue weighted by molar-refractivity contribution is 0.343. The zero-order chi connectivity index (χ0) is 14.8. The topological polar surface area (TPSA) is 15.3 Å². The van der Waals surface area contributed by atoms with Crippen LogP contribution in [0.1, 0.15) is 36.8 Å². The predicted octanol–water partition coefficient (Wildman–Crippen LogP) is 3.34. The molecule has 3 aliphatic rings. The third-order valence-electron chi connectivity index (χ3n) is 5.84. The lowest BCUT2D eigenvalue weighted by Gasteiger charge is -2.26. The van der Waals surface area contributed by atoms with Gasteiger partial charge in [-0.3, -0.25) is 0 Å². The highest BCUT2D eigenvalue weighted by Gasteiger charge is 2.32. The molecule has 0 unspecified atom stereocenters. The first-order valence-corrected chi connectivity index (χ1v) is 9.12. The van der Waals surface area contributed by atoms with E-state index in [0.29, 0.717) is 0 Å². The van der Waals surface area contributed by atoms with Crippen molar-refractivity contribution in [2.24, 2.45) is 11.8 Å². The predicted molar refractivity (Wildman–Crippen MR) is 92.9 cm³/mol. The van der Waals surface area contributed by atoms with Crippen molar-refractivity contribution in [3.8, 4) is 0 Å². The van der Waals surface area contributed by atoms with Crippen LogP contribution in [0.4, 0.5) is 0 Å². The molecular formula is C20H28N2. The first-order chi connectivity index (χ1) is 10.9. The summed E-state index contributed by atoms with van der Waals surface area (Å²) in [5, 5.41) is 3.58. The zero-order valence-electron chi connectivity index (χ0n) is 13.6. The standard InChI is InChI=1S/C20H28N2/c1-2-12-22(11-1)13-10-16-6-8-17(9-7-16)19-5-3-4-18-14-21-15-20(18)19/h5-9,18,20-21H,1-4,10-15H2/t18-,20+/m1/s1. The maximum absolute atomic E-state index is 3.58. The van der Waals surface area contributed by atoms with Gasteiger partial charge < -0.3 is 10.2 Å². The number of rotatable bonds is 4. The first kappa shape index (κ1) is 14.5. The molecule has 2 heteroatoms. The first-order valence-electron chi connectivity index (χ1n) is 9.12. The van der Waals surface area contributed by atoms with Gasteiger partial charge in [-0.05, 0) is 74.4 Å². The molecule has 22 heavy (non-hydrogen) atoms. The molecule has 2 fully saturated rings. The van der Waals surface area contributed by atoms with E-state index in [4.69, 9.17) is 0 Å². The SMILES string of the molecule is C1=C(c2ccc(CCN3CCCC3)cc2)[C@H]2CNC[C@H]2CC1. The smallest absolute Gasteiger partial charge is 0.00235 e. The Hall–Kier alpha value is -1.12. The fourth-order valence-electron chi connectivity index (χ4n) is 4.49. The molecule has 118 valence electrons. The Morgan fingerprint density at radius 2 is 1.86 bits per heavy atom. The summed E-state index contributed by atoms with van der Waals surface area (Å²) in [4.78, 5) is 2.60. The summed E-state index contributed by atoms with van der Waals surface area (Å²) in [7, 11) is 0. The average molecular weight is 296 g/mol. The van der Waals surface area contributed by atoms with Crippen LogP contribution in [0.25, 0.3) is 5.57 Å². The van der Waals surface area contributed by atoms with Crippen LogP contribution < -0.4 is 5.32 Å². The molecule has 2 heterocycles. The molecule has 1 N–H and O–H groups in total. The van der Waals surface area contributed by atoms with Gasteiger partial charge in [0.15, 0.2) is 0 Å². The van der Waals surface area contributed by atoms with Crippen molar-refractivity contribution in [2.75, 3.05) is 32.7 Å². The summed E-state index contributed by atoms with van der Waals surface area (Å²) >= 11 is 0. The fourth-order valence-corrected chi connectivity index (χ4v) is 4.49. The van der Waals surface area contributed by atoms with Crippen LogP contribution in [0.3, 0.4) is 0 Å². The lowest BCUT2D eigenvalue weighted by atomic mass is 9.78. The largest absolute Gasteiger partial charge is 0.316 e. The van der Waals surface area contributed by atoms with Gasteiger partial charge >= 0.3 is 0 Å². The zero-order valence-corrected chi connectivity index (χ0v) is 13.6. The van der Waals surface area contributed by atoms with Crippen LogP contribution in [0.2, 0.25) is 0 Å². The normalized spacial score (nSPS) is 28.6. The maximum Gasteiger partial charge on any atom is 0.00235 e. The minimum absolute atomic E-state index is 0.754. The van der Waals surface area contributed by atoms with Crippen LogP contribution in [0, 0.1) is 11.8 Å². The fraction of sp³-hybridized carbons (Fsp3) is 0.600. The van der Waals surface area contributed by atoms with E-state index < -0.39 is 0 Å². The van der Waals surface area contributed by atoms with Crippen LogP contribution in [-0.4, -0.2) is 37.6 Å². The Morgan fingerprint density at radius 3 is 2.68 bits per heavy atom. The minimum atomic E-state index is 0.754. The number of fused-ring (bicyclic) bond motifs is 1. The van der Waals surface area contributed by atoms with Crippen molar-refractivity contribution in [2.45, 2.75) is 32.1 Å². The molecule has 2 nitrogen and oxygen atoms in total. The number of allylic oxidation sites excluding steroid dienone is 1. The van der Waals surface area contributed by atoms with Crippen LogP contribution >= 0.6 is 0 Å². The van der Waals surface area contributed by atoms with E-state index in [1.807, 2.05) is 0 Å². The highest BCUT2D eigenvalue weighted by Crippen LogP contribution is 2.38. The molecular weight excluding hydrogens is 268 g/mol. The molecule has 2 atom stereocenters. The summed E-state index contributed by atoms with van der Waals surface area (Å²) in [5.74, 6) is 1.62. The van der Waals surface area contributed by atoms with Gasteiger partial charge in [-0.2, -0.15) is 0 Å². The number of nitrogens with zero attached hydrogens (tertiary/aromatic N) is 1. The third kappa shape index (κ3) is 3.00. The number of likely N-dealkylation sites (tertiary alicyclic amines) is 1. The molecule has 1 aromatic carbocycles. The molecule has 0 radical (unpaired) electrons. The summed E-state index contributed by atoms with van der Waals surface area (Å²) in [6.07, 6.45) is 9.11. The molecule has 0 saturated carbocycles. The van der Waals surface area contributed by atoms with Gasteiger partial charge in [0.25, 0.3) is 0 Å². The Bertz CT molecular complexity index is 525. The molecule has 0 amide bonds. The molecule has 1 aromatic rings. The number of benzene rings is 1. The van der Waals surface area contributed by atoms with Gasteiger partial charge in [0, 0.05) is 19.0 Å². The second-order valence-corrected chi connectivity index (χ2v) is 7.26. The van der Waals surface area contributed by atoms with Gasteiger partial charge in [-0.25, -0.2) is 0 Å². The Balaban J connectivity index is 1.41. The van der Waals surface area contributed by atoms with E-state index in [0.717, 1.165) is 11.8 Å². The Morgan fingerprint density at radius 1 is 1.05 bits per heavy atom. The van der Waals surface area contributed by atoms with Crippen molar-refractivity contribution in [1.82, 2.24) is 10.2 Å². The maximum atomic E-state index is 3.58. The van der Waals surface area contributed by atoms with Gasteiger partial charge in [-0.15, -0.1) is 0 Å². The molecule has 4 rings (SSSR count). The molecule has 2 aliphatic heterocycles. The summed E-state index contributed by atoms with van der Waals surface area (Å²) in [6, 6.07) is 9.45. The highest BCUT2D eigenvalue weighted by molar-refractivity contribution is 5.69. The summed E-state index contributed by atoms with van der Waals surface area (Å²) in [5.41, 5.74) is 4.56. The van der Waals surface area contributed by atoms with Gasteiger partial charge in [-0.1, -0.05) is 30.3 Å². The monoisotopic (exact) mass is 296 g/mol. The molecule has 0 aromatic heterocycles. The van der Waals surface area contributed by atoms with Crippen LogP contribution in [-0.2, 0) is 6.42 Å². The van der Waals surface area contributed by atoms with E-state index in [9.17, 15) is 0 Å². The molecule has 0 bridgehead atoms. The van der Waals surface area contributed by atoms with Crippen molar-refractivity contribution in [1.29, 1.82) is 0 Å². The van der Waals surface area contributed by atoms with E-state index in [1.54, 1.807) is 5.57 Å². The van der Waals surface area contributed by atoms with Crippen molar-refractivity contribution >= 4 is 5.57 Å². The third-order valence-corrected chi connectivity index (χ3v) is 5.84. The van der Waals surface area contributed by atoms with Gasteiger partial charge in [0.2, 0.25) is 0 Å². The Labute approximate surface area is 134 Å². The van der Waals surface area contributed by atoms with Crippen LogP contribution in [0.5, 0.6) is 0 Å². The Kier molecular flexibility index (Phi) is 4.31. The van der Waals surface area contributed by atoms with Crippen molar-refractivity contribution < 1.29 is 0 Å². The molecule has 0 spiro atoms. The summed E-state index contributed by atoms with van der Waals surface area (Å²) < 4.78 is 0. The van der Waals surface area contributed by atoms with Crippen molar-refractivity contribution in [3.05, 3.63) is 41.5 Å². The minimum Gasteiger partial charge on any atom is -0.316 e. The van der Waals surface area contributed by atoms with Crippen LogP contribution in [0.15, 0.2) is 30.3 Å². The summed E-state index contributed by atoms with van der Waals surface area (Å²) in [6.45, 7) is 6.24. The number of hydrogen-bond acceptors (Lipinski definition) is 2. The van der Waals surface area contributed by atoms with E-state index >= 15 is 0 Å². The van der Waals surface area contributed by atoms with E-state index in [1.165, 1.54) is 76.0 Å². The quantitative estimate of drug-likeness (QED) is 0.917. The van der Waals surface area contributed by atoms with Crippen molar-refractivity contribution in [3.63, 3.8) is 0 Å². The van der Waals surface area contributed by atoms with E-state index in [-0.39, 0.29) is 0 Å². The number of nitrogens with one attached hydrogen (secondary N) is 1. The van der Waals surface area contributed by atoms with Gasteiger partial charge in [0.1, 0.15) is 0 Å². The van der Waals surface area contributed by atoms with E-state index in [2.05, 4.69) is 40.6 Å². The highest BCUT2D eigenvalue weighted by atomic mass is 15.1. The lowest BCUT2D eigenvalue weighted by Crippen LogP contribution is -2.21. The second-order valence-electron chi connectivity index (χ2n) is 7.26. The molecule has 2 saturated heterocycles. The number of hydrogen-bond donors (Lipinski definition) is 1. The van der Waals surface area contributed by atoms with Gasteiger partial charge in [0.05, 0.1) is 0 Å². The second kappa shape index (κ2) is 6.55.